The molecule has 31 heavy (non-hydrogen) atoms. The molecule has 1 aromatic rings. The lowest BCUT2D eigenvalue weighted by atomic mass is 10.0. The molecule has 3 N–H and O–H groups in total. The van der Waals surface area contributed by atoms with E-state index < -0.39 is 36.0 Å². The SMILES string of the molecule is CCOC(=O)C1=C(COC(=O)[C@@H](NC(=O)c2ccccc2Cl)C(C)C)NC(=O)NC1C. The van der Waals surface area contributed by atoms with Gasteiger partial charge in [-0.15, -0.1) is 0 Å². The summed E-state index contributed by atoms with van der Waals surface area (Å²) in [6.45, 7) is 6.56. The van der Waals surface area contributed by atoms with E-state index in [-0.39, 0.29) is 41.0 Å². The van der Waals surface area contributed by atoms with Crippen LogP contribution >= 0.6 is 11.6 Å². The van der Waals surface area contributed by atoms with Crippen LogP contribution in [0.1, 0.15) is 38.1 Å². The van der Waals surface area contributed by atoms with Gasteiger partial charge in [0.15, 0.2) is 0 Å². The van der Waals surface area contributed by atoms with Crippen LogP contribution in [0, 0.1) is 5.92 Å². The summed E-state index contributed by atoms with van der Waals surface area (Å²) in [5.41, 5.74) is 0.521. The first-order chi connectivity index (χ1) is 14.6. The molecule has 0 fully saturated rings. The number of esters is 2. The van der Waals surface area contributed by atoms with Crippen LogP contribution in [-0.4, -0.2) is 49.2 Å². The van der Waals surface area contributed by atoms with Gasteiger partial charge in [0, 0.05) is 0 Å². The molecular weight excluding hydrogens is 426 g/mol. The summed E-state index contributed by atoms with van der Waals surface area (Å²) in [7, 11) is 0. The first kappa shape index (κ1) is 24.2. The van der Waals surface area contributed by atoms with Gasteiger partial charge >= 0.3 is 18.0 Å². The second kappa shape index (κ2) is 10.8. The van der Waals surface area contributed by atoms with Gasteiger partial charge in [-0.1, -0.05) is 37.6 Å². The van der Waals surface area contributed by atoms with Gasteiger partial charge in [0.2, 0.25) is 0 Å². The molecule has 0 aliphatic carbocycles. The van der Waals surface area contributed by atoms with Gasteiger partial charge in [-0.05, 0) is 31.9 Å². The molecule has 0 radical (unpaired) electrons. The molecule has 0 spiro atoms. The van der Waals surface area contributed by atoms with Gasteiger partial charge < -0.3 is 25.4 Å². The predicted octanol–water partition coefficient (Wildman–Crippen LogP) is 2.16. The smallest absolute Gasteiger partial charge is 0.338 e. The maximum absolute atomic E-state index is 12.7. The Kier molecular flexibility index (Phi) is 8.44. The third-order valence-corrected chi connectivity index (χ3v) is 4.88. The fourth-order valence-corrected chi connectivity index (χ4v) is 3.21. The van der Waals surface area contributed by atoms with Crippen LogP contribution in [0.25, 0.3) is 0 Å². The highest BCUT2D eigenvalue weighted by atomic mass is 35.5. The van der Waals surface area contributed by atoms with Crippen molar-refractivity contribution >= 4 is 35.5 Å². The Morgan fingerprint density at radius 3 is 2.48 bits per heavy atom. The quantitative estimate of drug-likeness (QED) is 0.520. The molecular formula is C21H26ClN3O6. The fourth-order valence-electron chi connectivity index (χ4n) is 2.99. The maximum atomic E-state index is 12.7. The minimum atomic E-state index is -0.967. The molecule has 10 heteroatoms. The molecule has 2 atom stereocenters. The number of halogens is 1. The average Bonchev–Trinajstić information content (AvgIpc) is 2.69. The van der Waals surface area contributed by atoms with Crippen molar-refractivity contribution < 1.29 is 28.7 Å². The van der Waals surface area contributed by atoms with Crippen LogP contribution in [-0.2, 0) is 19.1 Å². The van der Waals surface area contributed by atoms with Gasteiger partial charge in [-0.25, -0.2) is 14.4 Å². The molecule has 0 bridgehead atoms. The number of nitrogens with one attached hydrogen (secondary N) is 3. The van der Waals surface area contributed by atoms with Crippen molar-refractivity contribution in [1.82, 2.24) is 16.0 Å². The number of hydrogen-bond donors (Lipinski definition) is 3. The molecule has 0 saturated carbocycles. The number of carbonyl (C=O) groups excluding carboxylic acids is 4. The van der Waals surface area contributed by atoms with E-state index in [1.54, 1.807) is 52.0 Å². The molecule has 0 aromatic heterocycles. The van der Waals surface area contributed by atoms with Crippen molar-refractivity contribution in [3.63, 3.8) is 0 Å². The summed E-state index contributed by atoms with van der Waals surface area (Å²) in [6.07, 6.45) is 0. The lowest BCUT2D eigenvalue weighted by molar-refractivity contribution is -0.146. The Balaban J connectivity index is 2.15. The number of carbonyl (C=O) groups is 4. The van der Waals surface area contributed by atoms with E-state index in [0.29, 0.717) is 0 Å². The zero-order valence-corrected chi connectivity index (χ0v) is 18.5. The van der Waals surface area contributed by atoms with E-state index in [0.717, 1.165) is 0 Å². The topological polar surface area (TPSA) is 123 Å². The molecule has 168 valence electrons. The minimum absolute atomic E-state index is 0.128. The van der Waals surface area contributed by atoms with Gasteiger partial charge in [-0.3, -0.25) is 4.79 Å². The minimum Gasteiger partial charge on any atom is -0.463 e. The summed E-state index contributed by atoms with van der Waals surface area (Å²) >= 11 is 6.05. The van der Waals surface area contributed by atoms with E-state index in [1.807, 2.05) is 0 Å². The Morgan fingerprint density at radius 2 is 1.87 bits per heavy atom. The number of hydrogen-bond acceptors (Lipinski definition) is 6. The first-order valence-electron chi connectivity index (χ1n) is 9.85. The number of amides is 3. The lowest BCUT2D eigenvalue weighted by Gasteiger charge is -2.27. The van der Waals surface area contributed by atoms with Crippen molar-refractivity contribution in [2.24, 2.45) is 5.92 Å². The van der Waals surface area contributed by atoms with E-state index in [1.165, 1.54) is 0 Å². The van der Waals surface area contributed by atoms with E-state index >= 15 is 0 Å². The molecule has 0 saturated heterocycles. The van der Waals surface area contributed by atoms with Gasteiger partial charge in [-0.2, -0.15) is 0 Å². The normalized spacial score (nSPS) is 16.8. The van der Waals surface area contributed by atoms with Crippen LogP contribution in [0.5, 0.6) is 0 Å². The molecule has 2 rings (SSSR count). The molecule has 3 amide bonds. The van der Waals surface area contributed by atoms with Crippen LogP contribution in [0.15, 0.2) is 35.5 Å². The molecule has 1 heterocycles. The number of benzene rings is 1. The van der Waals surface area contributed by atoms with Crippen LogP contribution < -0.4 is 16.0 Å². The predicted molar refractivity (Wildman–Crippen MR) is 113 cm³/mol. The Labute approximate surface area is 185 Å². The maximum Gasteiger partial charge on any atom is 0.338 e. The van der Waals surface area contributed by atoms with Crippen molar-refractivity contribution in [2.45, 2.75) is 39.8 Å². The summed E-state index contributed by atoms with van der Waals surface area (Å²) in [4.78, 5) is 49.3. The second-order valence-corrected chi connectivity index (χ2v) is 7.62. The molecule has 1 aromatic carbocycles. The molecule has 1 aliphatic rings. The Morgan fingerprint density at radius 1 is 1.19 bits per heavy atom. The monoisotopic (exact) mass is 451 g/mol. The van der Waals surface area contributed by atoms with Crippen molar-refractivity contribution in [2.75, 3.05) is 13.2 Å². The molecule has 1 aliphatic heterocycles. The average molecular weight is 452 g/mol. The fraction of sp³-hybridized carbons (Fsp3) is 0.429. The Bertz CT molecular complexity index is 899. The highest BCUT2D eigenvalue weighted by molar-refractivity contribution is 6.33. The largest absolute Gasteiger partial charge is 0.463 e. The standard InChI is InChI=1S/C21H26ClN3O6/c1-5-30-19(27)16-12(4)23-21(29)24-15(16)10-31-20(28)17(11(2)3)25-18(26)13-8-6-7-9-14(13)22/h6-9,11-12,17H,5,10H2,1-4H3,(H,25,26)(H2,23,24,29)/t12?,17-/m0/s1. The van der Waals surface area contributed by atoms with Crippen molar-refractivity contribution in [3.05, 3.63) is 46.1 Å². The van der Waals surface area contributed by atoms with E-state index in [4.69, 9.17) is 21.1 Å². The highest BCUT2D eigenvalue weighted by Crippen LogP contribution is 2.17. The highest BCUT2D eigenvalue weighted by Gasteiger charge is 2.32. The van der Waals surface area contributed by atoms with Gasteiger partial charge in [0.1, 0.15) is 12.6 Å². The van der Waals surface area contributed by atoms with Crippen LogP contribution in [0.4, 0.5) is 4.79 Å². The third kappa shape index (κ3) is 6.21. The van der Waals surface area contributed by atoms with Crippen molar-refractivity contribution in [3.8, 4) is 0 Å². The zero-order chi connectivity index (χ0) is 23.1. The molecule has 1 unspecified atom stereocenters. The summed E-state index contributed by atoms with van der Waals surface area (Å²) in [5, 5.41) is 7.92. The first-order valence-corrected chi connectivity index (χ1v) is 10.2. The lowest BCUT2D eigenvalue weighted by Crippen LogP contribution is -2.50. The van der Waals surface area contributed by atoms with Gasteiger partial charge in [0.05, 0.1) is 34.5 Å². The van der Waals surface area contributed by atoms with Gasteiger partial charge in [0.25, 0.3) is 5.91 Å². The summed E-state index contributed by atoms with van der Waals surface area (Å²) < 4.78 is 10.4. The number of urea groups is 1. The van der Waals surface area contributed by atoms with E-state index in [2.05, 4.69) is 16.0 Å². The third-order valence-electron chi connectivity index (χ3n) is 4.55. The molecule has 9 nitrogen and oxygen atoms in total. The van der Waals surface area contributed by atoms with Crippen LogP contribution in [0.3, 0.4) is 0 Å². The van der Waals surface area contributed by atoms with Crippen LogP contribution in [0.2, 0.25) is 5.02 Å². The summed E-state index contributed by atoms with van der Waals surface area (Å²) in [6, 6.07) is 4.35. The number of rotatable bonds is 8. The summed E-state index contributed by atoms with van der Waals surface area (Å²) in [5.74, 6) is -2.15. The van der Waals surface area contributed by atoms with Crippen molar-refractivity contribution in [1.29, 1.82) is 0 Å². The van der Waals surface area contributed by atoms with E-state index in [9.17, 15) is 19.2 Å². The Hall–Kier alpha value is -3.07. The second-order valence-electron chi connectivity index (χ2n) is 7.22. The number of ether oxygens (including phenoxy) is 2. The zero-order valence-electron chi connectivity index (χ0n) is 17.8.